The minimum Gasteiger partial charge on any atom is -0.463 e. The normalized spacial score (nSPS) is 15.2. The Kier molecular flexibility index (Phi) is 6.39. The summed E-state index contributed by atoms with van der Waals surface area (Å²) in [6.07, 6.45) is 4.29. The highest BCUT2D eigenvalue weighted by molar-refractivity contribution is 6.30. The summed E-state index contributed by atoms with van der Waals surface area (Å²) >= 11 is 6.02. The van der Waals surface area contributed by atoms with E-state index >= 15 is 0 Å². The lowest BCUT2D eigenvalue weighted by atomic mass is 10.1. The monoisotopic (exact) mass is 477 g/mol. The van der Waals surface area contributed by atoms with Crippen molar-refractivity contribution in [2.24, 2.45) is 0 Å². The summed E-state index contributed by atoms with van der Waals surface area (Å²) in [4.78, 5) is 22.9. The number of hydrogen-bond donors (Lipinski definition) is 0. The van der Waals surface area contributed by atoms with E-state index in [0.29, 0.717) is 35.8 Å². The number of carbonyl (C=O) groups excluding carboxylic acids is 1. The van der Waals surface area contributed by atoms with Gasteiger partial charge in [-0.15, -0.1) is 0 Å². The van der Waals surface area contributed by atoms with Crippen molar-refractivity contribution < 1.29 is 9.21 Å². The molecule has 0 spiro atoms. The number of halogens is 1. The van der Waals surface area contributed by atoms with E-state index in [1.165, 1.54) is 5.56 Å². The molecule has 3 aromatic heterocycles. The van der Waals surface area contributed by atoms with Gasteiger partial charge in [-0.3, -0.25) is 9.69 Å². The van der Waals surface area contributed by atoms with Crippen LogP contribution in [0.1, 0.15) is 42.2 Å². The number of rotatable bonds is 5. The molecular weight excluding hydrogens is 450 g/mol. The van der Waals surface area contributed by atoms with Crippen molar-refractivity contribution in [2.75, 3.05) is 26.2 Å². The molecule has 1 aliphatic rings. The van der Waals surface area contributed by atoms with Gasteiger partial charge in [0.05, 0.1) is 23.4 Å². The highest BCUT2D eigenvalue weighted by Gasteiger charge is 2.25. The molecule has 8 heteroatoms. The first kappa shape index (κ1) is 22.6. The molecule has 0 aliphatic carbocycles. The van der Waals surface area contributed by atoms with Crippen molar-refractivity contribution in [1.29, 1.82) is 0 Å². The standard InChI is InChI=1S/C26H28ClN5O2/c1-18(2)32-25-22(16-28-32)21(15-23(29-25)24-5-3-14-34-24)26(33)31-11-4-10-30(12-13-31)17-19-6-8-20(27)9-7-19/h3,5-9,14-16,18H,4,10-13,17H2,1-2H3. The highest BCUT2D eigenvalue weighted by Crippen LogP contribution is 2.28. The molecule has 0 atom stereocenters. The lowest BCUT2D eigenvalue weighted by Crippen LogP contribution is -2.35. The third-order valence-corrected chi connectivity index (χ3v) is 6.51. The minimum atomic E-state index is 0.0110. The lowest BCUT2D eigenvalue weighted by Gasteiger charge is -2.22. The van der Waals surface area contributed by atoms with E-state index in [2.05, 4.69) is 36.0 Å². The van der Waals surface area contributed by atoms with Crippen LogP contribution < -0.4 is 0 Å². The zero-order chi connectivity index (χ0) is 23.7. The Labute approximate surface area is 203 Å². The van der Waals surface area contributed by atoms with E-state index in [-0.39, 0.29) is 11.9 Å². The van der Waals surface area contributed by atoms with Gasteiger partial charge in [-0.05, 0) is 56.2 Å². The zero-order valence-electron chi connectivity index (χ0n) is 19.4. The molecule has 0 saturated carbocycles. The molecule has 5 rings (SSSR count). The second-order valence-corrected chi connectivity index (χ2v) is 9.44. The SMILES string of the molecule is CC(C)n1ncc2c(C(=O)N3CCCN(Cc4ccc(Cl)cc4)CC3)cc(-c3ccco3)nc21. The predicted octanol–water partition coefficient (Wildman–Crippen LogP) is 5.27. The van der Waals surface area contributed by atoms with Crippen molar-refractivity contribution in [3.8, 4) is 11.5 Å². The molecule has 0 N–H and O–H groups in total. The molecule has 1 saturated heterocycles. The van der Waals surface area contributed by atoms with Gasteiger partial charge < -0.3 is 9.32 Å². The van der Waals surface area contributed by atoms with Crippen LogP contribution in [0.4, 0.5) is 0 Å². The van der Waals surface area contributed by atoms with Gasteiger partial charge in [0.2, 0.25) is 0 Å². The van der Waals surface area contributed by atoms with Crippen LogP contribution in [-0.4, -0.2) is 56.7 Å². The third kappa shape index (κ3) is 4.58. The summed E-state index contributed by atoms with van der Waals surface area (Å²) in [5, 5.41) is 6.04. The molecule has 1 aliphatic heterocycles. The number of carbonyl (C=O) groups is 1. The van der Waals surface area contributed by atoms with Crippen LogP contribution in [0.5, 0.6) is 0 Å². The Morgan fingerprint density at radius 1 is 1.12 bits per heavy atom. The Morgan fingerprint density at radius 2 is 1.94 bits per heavy atom. The smallest absolute Gasteiger partial charge is 0.254 e. The molecule has 34 heavy (non-hydrogen) atoms. The Bertz CT molecular complexity index is 1280. The van der Waals surface area contributed by atoms with Gasteiger partial charge in [0.25, 0.3) is 5.91 Å². The maximum Gasteiger partial charge on any atom is 0.254 e. The quantitative estimate of drug-likeness (QED) is 0.391. The first-order valence-corrected chi connectivity index (χ1v) is 12.1. The fourth-order valence-electron chi connectivity index (χ4n) is 4.47. The highest BCUT2D eigenvalue weighted by atomic mass is 35.5. The summed E-state index contributed by atoms with van der Waals surface area (Å²) in [6.45, 7) is 8.11. The van der Waals surface area contributed by atoms with Gasteiger partial charge in [-0.2, -0.15) is 5.10 Å². The van der Waals surface area contributed by atoms with Crippen LogP contribution in [-0.2, 0) is 6.54 Å². The van der Waals surface area contributed by atoms with Crippen molar-refractivity contribution in [3.63, 3.8) is 0 Å². The fourth-order valence-corrected chi connectivity index (χ4v) is 4.60. The van der Waals surface area contributed by atoms with Gasteiger partial charge in [-0.25, -0.2) is 9.67 Å². The molecule has 1 fully saturated rings. The Hall–Kier alpha value is -3.16. The van der Waals surface area contributed by atoms with Crippen LogP contribution in [0.2, 0.25) is 5.02 Å². The Balaban J connectivity index is 1.41. The number of amides is 1. The van der Waals surface area contributed by atoms with Crippen molar-refractivity contribution >= 4 is 28.5 Å². The molecule has 1 aromatic carbocycles. The molecule has 176 valence electrons. The van der Waals surface area contributed by atoms with Gasteiger partial charge in [-0.1, -0.05) is 23.7 Å². The Morgan fingerprint density at radius 3 is 2.68 bits per heavy atom. The number of pyridine rings is 1. The number of nitrogens with zero attached hydrogens (tertiary/aromatic N) is 5. The third-order valence-electron chi connectivity index (χ3n) is 6.26. The van der Waals surface area contributed by atoms with Crippen molar-refractivity contribution in [1.82, 2.24) is 24.6 Å². The number of aromatic nitrogens is 3. The van der Waals surface area contributed by atoms with Crippen LogP contribution in [0.3, 0.4) is 0 Å². The van der Waals surface area contributed by atoms with Gasteiger partial charge in [0.15, 0.2) is 11.4 Å². The first-order chi connectivity index (χ1) is 16.5. The summed E-state index contributed by atoms with van der Waals surface area (Å²) in [7, 11) is 0. The number of fused-ring (bicyclic) bond motifs is 1. The first-order valence-electron chi connectivity index (χ1n) is 11.7. The van der Waals surface area contributed by atoms with Crippen LogP contribution >= 0.6 is 11.6 Å². The van der Waals surface area contributed by atoms with Crippen LogP contribution in [0.25, 0.3) is 22.5 Å². The molecule has 1 amide bonds. The van der Waals surface area contributed by atoms with Crippen LogP contribution in [0, 0.1) is 0 Å². The van der Waals surface area contributed by atoms with E-state index in [9.17, 15) is 4.79 Å². The van der Waals surface area contributed by atoms with Crippen molar-refractivity contribution in [2.45, 2.75) is 32.9 Å². The molecule has 7 nitrogen and oxygen atoms in total. The van der Waals surface area contributed by atoms with Crippen molar-refractivity contribution in [3.05, 3.63) is 71.1 Å². The second-order valence-electron chi connectivity index (χ2n) is 9.00. The molecular formula is C26H28ClN5O2. The summed E-state index contributed by atoms with van der Waals surface area (Å²) in [6, 6.07) is 13.6. The zero-order valence-corrected chi connectivity index (χ0v) is 20.2. The number of benzene rings is 1. The lowest BCUT2D eigenvalue weighted by molar-refractivity contribution is 0.0763. The topological polar surface area (TPSA) is 67.4 Å². The maximum atomic E-state index is 13.8. The fraction of sp³-hybridized carbons (Fsp3) is 0.346. The summed E-state index contributed by atoms with van der Waals surface area (Å²) in [5.41, 5.74) is 3.19. The van der Waals surface area contributed by atoms with E-state index in [4.69, 9.17) is 21.0 Å². The number of hydrogen-bond acceptors (Lipinski definition) is 5. The molecule has 0 bridgehead atoms. The summed E-state index contributed by atoms with van der Waals surface area (Å²) < 4.78 is 7.45. The molecule has 4 aromatic rings. The second kappa shape index (κ2) is 9.60. The average Bonchev–Trinajstić information content (AvgIpc) is 3.46. The largest absolute Gasteiger partial charge is 0.463 e. The van der Waals surface area contributed by atoms with E-state index in [1.807, 2.05) is 39.9 Å². The molecule has 0 unspecified atom stereocenters. The van der Waals surface area contributed by atoms with E-state index in [0.717, 1.165) is 36.5 Å². The van der Waals surface area contributed by atoms with Gasteiger partial charge in [0.1, 0.15) is 5.69 Å². The predicted molar refractivity (Wildman–Crippen MR) is 133 cm³/mol. The number of furan rings is 1. The van der Waals surface area contributed by atoms with Gasteiger partial charge >= 0.3 is 0 Å². The average molecular weight is 478 g/mol. The molecule has 4 heterocycles. The van der Waals surface area contributed by atoms with Crippen LogP contribution in [0.15, 0.2) is 59.3 Å². The maximum absolute atomic E-state index is 13.8. The molecule has 0 radical (unpaired) electrons. The van der Waals surface area contributed by atoms with E-state index in [1.54, 1.807) is 12.5 Å². The summed E-state index contributed by atoms with van der Waals surface area (Å²) in [5.74, 6) is 0.648. The van der Waals surface area contributed by atoms with E-state index < -0.39 is 0 Å². The minimum absolute atomic E-state index is 0.0110. The van der Waals surface area contributed by atoms with Gasteiger partial charge in [0, 0.05) is 43.8 Å².